The van der Waals surface area contributed by atoms with Gasteiger partial charge in [-0.15, -0.1) is 17.9 Å². The molecule has 0 saturated carbocycles. The van der Waals surface area contributed by atoms with E-state index in [1.165, 1.54) is 11.3 Å². The van der Waals surface area contributed by atoms with E-state index in [1.807, 2.05) is 6.92 Å². The van der Waals surface area contributed by atoms with Crippen molar-refractivity contribution in [2.24, 2.45) is 10.7 Å². The molecular formula is C12H20N4O2S2. The molecule has 6 nitrogen and oxygen atoms in total. The second-order valence-corrected chi connectivity index (χ2v) is 7.31. The van der Waals surface area contributed by atoms with E-state index in [4.69, 9.17) is 5.73 Å². The van der Waals surface area contributed by atoms with Crippen LogP contribution in [0.15, 0.2) is 28.6 Å². The lowest BCUT2D eigenvalue weighted by Crippen LogP contribution is -2.33. The number of thiophene rings is 1. The van der Waals surface area contributed by atoms with Gasteiger partial charge >= 0.3 is 0 Å². The normalized spacial score (nSPS) is 12.4. The van der Waals surface area contributed by atoms with Crippen molar-refractivity contribution in [3.05, 3.63) is 28.5 Å². The van der Waals surface area contributed by atoms with Crippen molar-refractivity contribution in [2.75, 3.05) is 19.6 Å². The zero-order valence-corrected chi connectivity index (χ0v) is 13.3. The first-order chi connectivity index (χ1) is 9.36. The molecule has 8 heteroatoms. The Morgan fingerprint density at radius 2 is 2.25 bits per heavy atom. The summed E-state index contributed by atoms with van der Waals surface area (Å²) < 4.78 is 26.6. The van der Waals surface area contributed by atoms with E-state index in [0.29, 0.717) is 11.4 Å². The number of nitrogens with two attached hydrogens (primary N) is 1. The molecule has 1 aromatic rings. The second kappa shape index (κ2) is 7.41. The van der Waals surface area contributed by atoms with Crippen LogP contribution in [0.3, 0.4) is 0 Å². The third-order valence-electron chi connectivity index (χ3n) is 2.40. The Hall–Kier alpha value is -1.38. The molecule has 1 aromatic heterocycles. The third kappa shape index (κ3) is 4.95. The molecule has 1 rings (SSSR count). The summed E-state index contributed by atoms with van der Waals surface area (Å²) in [6.07, 6.45) is 1.66. The Morgan fingerprint density at radius 1 is 1.55 bits per heavy atom. The number of hydrogen-bond acceptors (Lipinski definition) is 4. The van der Waals surface area contributed by atoms with Gasteiger partial charge < -0.3 is 11.1 Å². The summed E-state index contributed by atoms with van der Waals surface area (Å²) in [6.45, 7) is 8.22. The lowest BCUT2D eigenvalue weighted by Gasteiger charge is -2.05. The largest absolute Gasteiger partial charge is 0.370 e. The smallest absolute Gasteiger partial charge is 0.241 e. The van der Waals surface area contributed by atoms with Gasteiger partial charge in [0.05, 0.1) is 11.4 Å². The molecule has 0 saturated heterocycles. The summed E-state index contributed by atoms with van der Waals surface area (Å²) in [5.41, 5.74) is 5.56. The highest BCUT2D eigenvalue weighted by molar-refractivity contribution is 7.89. The molecular weight excluding hydrogens is 296 g/mol. The number of hydrogen-bond donors (Lipinski definition) is 3. The molecule has 0 fully saturated rings. The van der Waals surface area contributed by atoms with Crippen molar-refractivity contribution in [3.63, 3.8) is 0 Å². The maximum atomic E-state index is 12.1. The molecule has 0 spiro atoms. The van der Waals surface area contributed by atoms with E-state index in [9.17, 15) is 8.42 Å². The molecule has 0 aliphatic heterocycles. The summed E-state index contributed by atoms with van der Waals surface area (Å²) >= 11 is 1.46. The minimum absolute atomic E-state index is 0.202. The van der Waals surface area contributed by atoms with Crippen LogP contribution in [0.25, 0.3) is 0 Å². The van der Waals surface area contributed by atoms with Gasteiger partial charge in [0.1, 0.15) is 0 Å². The average molecular weight is 316 g/mol. The molecule has 4 N–H and O–H groups in total. The Kier molecular flexibility index (Phi) is 6.18. The molecule has 0 bridgehead atoms. The maximum Gasteiger partial charge on any atom is 0.241 e. The van der Waals surface area contributed by atoms with Gasteiger partial charge in [-0.1, -0.05) is 6.08 Å². The number of rotatable bonds is 7. The fourth-order valence-corrected chi connectivity index (χ4v) is 4.11. The lowest BCUT2D eigenvalue weighted by atomic mass is 10.4. The quantitative estimate of drug-likeness (QED) is 0.299. The zero-order chi connectivity index (χ0) is 15.2. The first-order valence-corrected chi connectivity index (χ1v) is 8.38. The van der Waals surface area contributed by atoms with E-state index in [-0.39, 0.29) is 19.0 Å². The topological polar surface area (TPSA) is 96.6 Å². The summed E-state index contributed by atoms with van der Waals surface area (Å²) in [6, 6.07) is 1.67. The minimum atomic E-state index is -3.47. The lowest BCUT2D eigenvalue weighted by molar-refractivity contribution is 0.582. The van der Waals surface area contributed by atoms with Crippen LogP contribution in [0.5, 0.6) is 0 Å². The number of guanidine groups is 1. The molecule has 0 unspecified atom stereocenters. The number of aryl methyl sites for hydroxylation is 2. The van der Waals surface area contributed by atoms with Crippen molar-refractivity contribution >= 4 is 27.3 Å². The summed E-state index contributed by atoms with van der Waals surface area (Å²) in [7, 11) is -3.47. The van der Waals surface area contributed by atoms with E-state index >= 15 is 0 Å². The summed E-state index contributed by atoms with van der Waals surface area (Å²) in [5.74, 6) is 0.270. The average Bonchev–Trinajstić information content (AvgIpc) is 2.72. The van der Waals surface area contributed by atoms with Gasteiger partial charge in [0.25, 0.3) is 0 Å². The molecule has 0 aliphatic carbocycles. The molecule has 112 valence electrons. The van der Waals surface area contributed by atoms with Crippen molar-refractivity contribution in [2.45, 2.75) is 18.7 Å². The van der Waals surface area contributed by atoms with E-state index in [0.717, 1.165) is 9.75 Å². The Morgan fingerprint density at radius 3 is 2.80 bits per heavy atom. The van der Waals surface area contributed by atoms with Gasteiger partial charge in [-0.05, 0) is 19.9 Å². The zero-order valence-electron chi connectivity index (χ0n) is 11.6. The van der Waals surface area contributed by atoms with Crippen LogP contribution in [0.2, 0.25) is 0 Å². The Labute approximate surface area is 123 Å². The van der Waals surface area contributed by atoms with Crippen molar-refractivity contribution < 1.29 is 8.42 Å². The van der Waals surface area contributed by atoms with E-state index in [2.05, 4.69) is 21.6 Å². The van der Waals surface area contributed by atoms with E-state index < -0.39 is 10.0 Å². The predicted molar refractivity (Wildman–Crippen MR) is 83.7 cm³/mol. The number of aliphatic imine (C=N–C) groups is 1. The van der Waals surface area contributed by atoms with Crippen LogP contribution < -0.4 is 15.8 Å². The van der Waals surface area contributed by atoms with Crippen LogP contribution in [0, 0.1) is 13.8 Å². The highest BCUT2D eigenvalue weighted by atomic mass is 32.2. The predicted octanol–water partition coefficient (Wildman–Crippen LogP) is 0.734. The maximum absolute atomic E-state index is 12.1. The number of nitrogens with zero attached hydrogens (tertiary/aromatic N) is 1. The van der Waals surface area contributed by atoms with Crippen LogP contribution in [0.1, 0.15) is 9.75 Å². The van der Waals surface area contributed by atoms with Crippen LogP contribution >= 0.6 is 11.3 Å². The number of nitrogens with one attached hydrogen (secondary N) is 2. The van der Waals surface area contributed by atoms with Crippen LogP contribution in [-0.4, -0.2) is 34.0 Å². The van der Waals surface area contributed by atoms with Crippen LogP contribution in [-0.2, 0) is 10.0 Å². The molecule has 0 amide bonds. The van der Waals surface area contributed by atoms with Gasteiger partial charge in [0.15, 0.2) is 5.96 Å². The van der Waals surface area contributed by atoms with Gasteiger partial charge in [-0.25, -0.2) is 13.1 Å². The standard InChI is InChI=1S/C12H20N4O2S2/c1-4-5-14-12(13)15-6-7-16-20(17,18)11-8-9(2)19-10(11)3/h4,8,16H,1,5-7H2,2-3H3,(H3,13,14,15). The Bertz CT molecular complexity index is 591. The van der Waals surface area contributed by atoms with Gasteiger partial charge in [-0.2, -0.15) is 0 Å². The highest BCUT2D eigenvalue weighted by Gasteiger charge is 2.18. The summed E-state index contributed by atoms with van der Waals surface area (Å²) in [4.78, 5) is 6.09. The fraction of sp³-hybridized carbons (Fsp3) is 0.417. The minimum Gasteiger partial charge on any atom is -0.370 e. The highest BCUT2D eigenvalue weighted by Crippen LogP contribution is 2.24. The molecule has 1 heterocycles. The molecule has 0 radical (unpaired) electrons. The number of sulfonamides is 1. The first kappa shape index (κ1) is 16.7. The van der Waals surface area contributed by atoms with Gasteiger partial charge in [0.2, 0.25) is 10.0 Å². The molecule has 0 atom stereocenters. The second-order valence-electron chi connectivity index (χ2n) is 4.11. The third-order valence-corrected chi connectivity index (χ3v) is 5.08. The van der Waals surface area contributed by atoms with Crippen molar-refractivity contribution in [3.8, 4) is 0 Å². The van der Waals surface area contributed by atoms with Crippen LogP contribution in [0.4, 0.5) is 0 Å². The Balaban J connectivity index is 2.53. The van der Waals surface area contributed by atoms with E-state index in [1.54, 1.807) is 19.1 Å². The monoisotopic (exact) mass is 316 g/mol. The molecule has 0 aliphatic rings. The SMILES string of the molecule is C=CCNC(N)=NCCNS(=O)(=O)c1cc(C)sc1C. The van der Waals surface area contributed by atoms with Gasteiger partial charge in [0, 0.05) is 22.8 Å². The fourth-order valence-electron chi connectivity index (χ4n) is 1.54. The van der Waals surface area contributed by atoms with Crippen molar-refractivity contribution in [1.82, 2.24) is 10.0 Å². The van der Waals surface area contributed by atoms with Gasteiger partial charge in [-0.3, -0.25) is 4.99 Å². The molecule has 0 aromatic carbocycles. The first-order valence-electron chi connectivity index (χ1n) is 6.08. The van der Waals surface area contributed by atoms with Crippen molar-refractivity contribution in [1.29, 1.82) is 0 Å². The molecule has 20 heavy (non-hydrogen) atoms. The summed E-state index contributed by atoms with van der Waals surface area (Å²) in [5, 5.41) is 2.81.